The Morgan fingerprint density at radius 1 is 0.893 bits per heavy atom. The van der Waals surface area contributed by atoms with Crippen LogP contribution in [0.5, 0.6) is 0 Å². The van der Waals surface area contributed by atoms with Crippen LogP contribution in [0.25, 0.3) is 0 Å². The van der Waals surface area contributed by atoms with Crippen LogP contribution in [0, 0.1) is 0 Å². The Bertz CT molecular complexity index is 605. The molecule has 28 heavy (non-hydrogen) atoms. The molecule has 1 fully saturated rings. The van der Waals surface area contributed by atoms with Crippen molar-refractivity contribution < 1.29 is 35.9 Å². The van der Waals surface area contributed by atoms with Crippen molar-refractivity contribution in [1.29, 1.82) is 0 Å². The third-order valence-corrected chi connectivity index (χ3v) is 3.99. The van der Waals surface area contributed by atoms with Crippen LogP contribution in [-0.2, 0) is 4.74 Å². The van der Waals surface area contributed by atoms with Crippen molar-refractivity contribution in [2.45, 2.75) is 60.8 Å². The van der Waals surface area contributed by atoms with Crippen molar-refractivity contribution >= 4 is 53.2 Å². The van der Waals surface area contributed by atoms with Gasteiger partial charge in [0.15, 0.2) is 0 Å². The van der Waals surface area contributed by atoms with Gasteiger partial charge in [-0.1, -0.05) is 0 Å². The molecule has 1 heterocycles. The lowest BCUT2D eigenvalue weighted by Crippen LogP contribution is -2.87. The fourth-order valence-corrected chi connectivity index (χ4v) is 3.07. The minimum atomic E-state index is -5.96. The summed E-state index contributed by atoms with van der Waals surface area (Å²) in [6.07, 6.45) is -18.6. The lowest BCUT2D eigenvalue weighted by molar-refractivity contribution is -0.309. The highest BCUT2D eigenvalue weighted by molar-refractivity contribution is 6.56. The largest absolute Gasteiger partial charge is 0.434 e. The predicted molar refractivity (Wildman–Crippen MR) is 93.4 cm³/mol. The number of piperazine rings is 1. The Morgan fingerprint density at radius 3 is 1.61 bits per heavy atom. The van der Waals surface area contributed by atoms with E-state index in [1.807, 2.05) is 0 Å². The molecule has 1 aliphatic rings. The van der Waals surface area contributed by atoms with E-state index in [-0.39, 0.29) is 4.90 Å². The first kappa shape index (κ1) is 25.2. The van der Waals surface area contributed by atoms with Gasteiger partial charge in [-0.05, 0) is 36.8 Å². The number of amides is 1. The third kappa shape index (κ3) is 4.51. The lowest BCUT2D eigenvalue weighted by Gasteiger charge is -2.70. The summed E-state index contributed by atoms with van der Waals surface area (Å²) < 4.78 is 79.6. The Hall–Kier alpha value is -0.800. The second-order valence-corrected chi connectivity index (χ2v) is 7.58. The minimum absolute atomic E-state index is 0.0275. The van der Waals surface area contributed by atoms with Crippen molar-refractivity contribution in [3.8, 4) is 0 Å². The van der Waals surface area contributed by atoms with Gasteiger partial charge in [0.25, 0.3) is 6.10 Å². The van der Waals surface area contributed by atoms with Crippen molar-refractivity contribution in [2.24, 2.45) is 0 Å². The zero-order valence-electron chi connectivity index (χ0n) is 15.2. The molecule has 1 saturated heterocycles. The van der Waals surface area contributed by atoms with Crippen LogP contribution >= 0.6 is 0 Å². The van der Waals surface area contributed by atoms with E-state index in [2.05, 4.69) is 4.74 Å². The van der Waals surface area contributed by atoms with Crippen molar-refractivity contribution in [3.63, 3.8) is 0 Å². The molecule has 0 aromatic heterocycles. The maximum Gasteiger partial charge on any atom is 0.434 e. The molecule has 0 spiro atoms. The van der Waals surface area contributed by atoms with Gasteiger partial charge in [-0.25, -0.2) is 4.79 Å². The SMILES string of the molecule is [B]C1([B])CN(C(=O)OC(C(F)(F)F)C(F)(F)F)C([B])([B])C([B])([B])N1C(C)(C)C. The number of ether oxygens (including phenoxy) is 1. The molecule has 0 bridgehead atoms. The summed E-state index contributed by atoms with van der Waals surface area (Å²) in [7, 11) is 35.0. The molecular formula is C12H12B6F6N2O2. The summed E-state index contributed by atoms with van der Waals surface area (Å²) in [4.78, 5) is 13.2. The van der Waals surface area contributed by atoms with Gasteiger partial charge in [-0.15, -0.1) is 0 Å². The summed E-state index contributed by atoms with van der Waals surface area (Å²) in [6.45, 7) is 3.64. The van der Waals surface area contributed by atoms with Gasteiger partial charge in [0.2, 0.25) is 0 Å². The minimum Gasteiger partial charge on any atom is -0.426 e. The van der Waals surface area contributed by atoms with Crippen molar-refractivity contribution in [2.75, 3.05) is 6.54 Å². The van der Waals surface area contributed by atoms with Crippen LogP contribution in [-0.4, -0.2) is 110 Å². The van der Waals surface area contributed by atoms with Gasteiger partial charge < -0.3 is 14.5 Å². The molecule has 0 saturated carbocycles. The normalized spacial score (nSPS) is 22.9. The summed E-state index contributed by atoms with van der Waals surface area (Å²) in [5.74, 6) is 0. The number of nitrogens with zero attached hydrogens (tertiary/aromatic N) is 2. The highest BCUT2D eigenvalue weighted by atomic mass is 19.4. The highest BCUT2D eigenvalue weighted by Gasteiger charge is 2.62. The fourth-order valence-electron chi connectivity index (χ4n) is 3.07. The van der Waals surface area contributed by atoms with E-state index in [0.717, 1.165) is 4.90 Å². The summed E-state index contributed by atoms with van der Waals surface area (Å²) in [5, 5.41) is -7.35. The zero-order valence-corrected chi connectivity index (χ0v) is 15.2. The number of rotatable bonds is 1. The van der Waals surface area contributed by atoms with Gasteiger partial charge in [0.1, 0.15) is 0 Å². The molecule has 0 aliphatic carbocycles. The second kappa shape index (κ2) is 6.87. The van der Waals surface area contributed by atoms with E-state index < -0.39 is 52.6 Å². The van der Waals surface area contributed by atoms with E-state index in [1.54, 1.807) is 0 Å². The average Bonchev–Trinajstić information content (AvgIpc) is 2.35. The van der Waals surface area contributed by atoms with Crippen molar-refractivity contribution in [1.82, 2.24) is 9.80 Å². The Labute approximate surface area is 166 Å². The van der Waals surface area contributed by atoms with E-state index >= 15 is 0 Å². The number of hydrogen-bond acceptors (Lipinski definition) is 3. The topological polar surface area (TPSA) is 32.8 Å². The molecule has 0 aromatic rings. The van der Waals surface area contributed by atoms with Gasteiger partial charge in [0, 0.05) is 12.1 Å². The van der Waals surface area contributed by atoms with Crippen LogP contribution in [0.1, 0.15) is 20.8 Å². The number of alkyl halides is 6. The molecule has 1 rings (SSSR count). The predicted octanol–water partition coefficient (Wildman–Crippen LogP) is 0.00470. The molecule has 0 unspecified atom stereocenters. The summed E-state index contributed by atoms with van der Waals surface area (Å²) in [6, 6.07) is 0. The number of carbonyl (C=O) groups excluding carboxylic acids is 1. The van der Waals surface area contributed by atoms with Crippen LogP contribution in [0.4, 0.5) is 31.1 Å². The van der Waals surface area contributed by atoms with E-state index in [9.17, 15) is 31.1 Å². The Kier molecular flexibility index (Phi) is 6.19. The number of hydrogen-bond donors (Lipinski definition) is 0. The number of carbonyl (C=O) groups is 1. The molecule has 16 heteroatoms. The van der Waals surface area contributed by atoms with Gasteiger partial charge >= 0.3 is 18.4 Å². The molecular weight excluding hydrogens is 383 g/mol. The van der Waals surface area contributed by atoms with Gasteiger partial charge in [-0.3, -0.25) is 0 Å². The van der Waals surface area contributed by atoms with E-state index in [1.165, 1.54) is 20.8 Å². The van der Waals surface area contributed by atoms with Gasteiger partial charge in [-0.2, -0.15) is 26.3 Å². The van der Waals surface area contributed by atoms with E-state index in [0.29, 0.717) is 0 Å². The third-order valence-electron chi connectivity index (χ3n) is 3.99. The zero-order chi connectivity index (χ0) is 22.7. The molecule has 0 aromatic carbocycles. The van der Waals surface area contributed by atoms with E-state index in [4.69, 9.17) is 47.1 Å². The fraction of sp³-hybridized carbons (Fsp3) is 0.917. The smallest absolute Gasteiger partial charge is 0.426 e. The lowest BCUT2D eigenvalue weighted by atomic mass is 9.33. The first-order chi connectivity index (χ1) is 12.0. The van der Waals surface area contributed by atoms with Crippen LogP contribution in [0.15, 0.2) is 0 Å². The van der Waals surface area contributed by atoms with Crippen LogP contribution in [0.3, 0.4) is 0 Å². The number of halogens is 6. The molecule has 0 atom stereocenters. The molecule has 1 amide bonds. The first-order valence-corrected chi connectivity index (χ1v) is 7.63. The van der Waals surface area contributed by atoms with Crippen molar-refractivity contribution in [3.05, 3.63) is 0 Å². The first-order valence-electron chi connectivity index (χ1n) is 7.63. The summed E-state index contributed by atoms with van der Waals surface area (Å²) in [5.41, 5.74) is -1.03. The second-order valence-electron chi connectivity index (χ2n) is 7.58. The Morgan fingerprint density at radius 2 is 1.29 bits per heavy atom. The molecule has 4 nitrogen and oxygen atoms in total. The molecule has 1 aliphatic heterocycles. The summed E-state index contributed by atoms with van der Waals surface area (Å²) >= 11 is 0. The average molecular weight is 395 g/mol. The van der Waals surface area contributed by atoms with Crippen LogP contribution in [0.2, 0.25) is 0 Å². The molecule has 12 radical (unpaired) electrons. The van der Waals surface area contributed by atoms with Crippen LogP contribution < -0.4 is 0 Å². The monoisotopic (exact) mass is 396 g/mol. The maximum absolute atomic E-state index is 12.7. The highest BCUT2D eigenvalue weighted by Crippen LogP contribution is 2.41. The molecule has 142 valence electrons. The molecule has 0 N–H and O–H groups in total. The maximum atomic E-state index is 12.7. The Balaban J connectivity index is 3.37. The van der Waals surface area contributed by atoms with Gasteiger partial charge in [0.05, 0.1) is 47.1 Å². The quantitative estimate of drug-likeness (QED) is 0.463. The standard InChI is InChI=1S/C12H12B6F6N2O2/c1-7(2,3)26-8(13,14)4-25(11(15,16)12(26,17)18)6(27)28-5(9(19,20)21)10(22,23)24/h5H,4H2,1-3H3.